The van der Waals surface area contributed by atoms with Crippen LogP contribution < -0.4 is 5.56 Å². The van der Waals surface area contributed by atoms with Crippen LogP contribution in [0.25, 0.3) is 33.4 Å². The predicted octanol–water partition coefficient (Wildman–Crippen LogP) is 4.91. The summed E-state index contributed by atoms with van der Waals surface area (Å²) in [6, 6.07) is 26.1. The van der Waals surface area contributed by atoms with Crippen molar-refractivity contribution >= 4 is 10.9 Å². The number of hydrogen-bond acceptors (Lipinski definition) is 3. The van der Waals surface area contributed by atoms with Crippen molar-refractivity contribution in [3.8, 4) is 22.5 Å². The SMILES string of the molecule is O=c1c2ccccc2nc(-c2ccc(-c3ccccc3)cc2)n1C[C@H]1CCCO1. The van der Waals surface area contributed by atoms with Gasteiger partial charge in [-0.25, -0.2) is 4.98 Å². The summed E-state index contributed by atoms with van der Waals surface area (Å²) in [5, 5.41) is 0.648. The molecule has 0 N–H and O–H groups in total. The summed E-state index contributed by atoms with van der Waals surface area (Å²) in [5.41, 5.74) is 3.97. The van der Waals surface area contributed by atoms with Crippen LogP contribution in [0.1, 0.15) is 12.8 Å². The van der Waals surface area contributed by atoms with Gasteiger partial charge in [0.1, 0.15) is 5.82 Å². The van der Waals surface area contributed by atoms with Crippen molar-refractivity contribution in [3.63, 3.8) is 0 Å². The third-order valence-electron chi connectivity index (χ3n) is 5.52. The fraction of sp³-hybridized carbons (Fsp3) is 0.200. The van der Waals surface area contributed by atoms with E-state index >= 15 is 0 Å². The number of ether oxygens (including phenoxy) is 1. The summed E-state index contributed by atoms with van der Waals surface area (Å²) >= 11 is 0. The third-order valence-corrected chi connectivity index (χ3v) is 5.52. The lowest BCUT2D eigenvalue weighted by molar-refractivity contribution is 0.0965. The first-order chi connectivity index (χ1) is 14.3. The van der Waals surface area contributed by atoms with Crippen LogP contribution in [0, 0.1) is 0 Å². The van der Waals surface area contributed by atoms with Gasteiger partial charge in [-0.05, 0) is 36.1 Å². The van der Waals surface area contributed by atoms with E-state index in [2.05, 4.69) is 24.3 Å². The van der Waals surface area contributed by atoms with Crippen LogP contribution in [0.5, 0.6) is 0 Å². The molecule has 0 unspecified atom stereocenters. The van der Waals surface area contributed by atoms with Crippen LogP contribution in [0.3, 0.4) is 0 Å². The number of para-hydroxylation sites is 1. The molecule has 144 valence electrons. The lowest BCUT2D eigenvalue weighted by Crippen LogP contribution is -2.28. The number of aromatic nitrogens is 2. The summed E-state index contributed by atoms with van der Waals surface area (Å²) in [4.78, 5) is 18.1. The summed E-state index contributed by atoms with van der Waals surface area (Å²) < 4.78 is 7.59. The van der Waals surface area contributed by atoms with Crippen molar-refractivity contribution in [2.75, 3.05) is 6.61 Å². The Bertz CT molecular complexity index is 1190. The number of nitrogens with zero attached hydrogens (tertiary/aromatic N) is 2. The molecule has 1 saturated heterocycles. The molecular formula is C25H22N2O2. The average molecular weight is 382 g/mol. The van der Waals surface area contributed by atoms with Crippen LogP contribution in [-0.2, 0) is 11.3 Å². The third kappa shape index (κ3) is 3.47. The Morgan fingerprint density at radius 1 is 0.862 bits per heavy atom. The maximum Gasteiger partial charge on any atom is 0.261 e. The quantitative estimate of drug-likeness (QED) is 0.504. The topological polar surface area (TPSA) is 44.1 Å². The molecule has 1 aliphatic rings. The van der Waals surface area contributed by atoms with E-state index < -0.39 is 0 Å². The molecule has 3 aromatic carbocycles. The van der Waals surface area contributed by atoms with Gasteiger partial charge < -0.3 is 4.74 Å². The monoisotopic (exact) mass is 382 g/mol. The van der Waals surface area contributed by atoms with Crippen molar-refractivity contribution in [2.45, 2.75) is 25.5 Å². The van der Waals surface area contributed by atoms with Gasteiger partial charge in [-0.2, -0.15) is 0 Å². The first kappa shape index (κ1) is 17.8. The molecule has 4 aromatic rings. The van der Waals surface area contributed by atoms with Gasteiger partial charge in [-0.3, -0.25) is 9.36 Å². The van der Waals surface area contributed by atoms with Gasteiger partial charge in [0.25, 0.3) is 5.56 Å². The summed E-state index contributed by atoms with van der Waals surface area (Å²) in [5.74, 6) is 0.698. The van der Waals surface area contributed by atoms with E-state index in [4.69, 9.17) is 9.72 Å². The predicted molar refractivity (Wildman–Crippen MR) is 116 cm³/mol. The fourth-order valence-electron chi connectivity index (χ4n) is 3.99. The average Bonchev–Trinajstić information content (AvgIpc) is 3.30. The normalized spacial score (nSPS) is 16.3. The maximum atomic E-state index is 13.3. The minimum atomic E-state index is -0.00626. The van der Waals surface area contributed by atoms with Crippen LogP contribution in [0.2, 0.25) is 0 Å². The largest absolute Gasteiger partial charge is 0.376 e. The van der Waals surface area contributed by atoms with E-state index in [-0.39, 0.29) is 11.7 Å². The molecule has 29 heavy (non-hydrogen) atoms. The second-order valence-electron chi connectivity index (χ2n) is 7.45. The second kappa shape index (κ2) is 7.64. The molecule has 0 aliphatic carbocycles. The lowest BCUT2D eigenvalue weighted by atomic mass is 10.0. The molecule has 0 saturated carbocycles. The summed E-state index contributed by atoms with van der Waals surface area (Å²) in [7, 11) is 0. The summed E-state index contributed by atoms with van der Waals surface area (Å²) in [6.45, 7) is 1.30. The maximum absolute atomic E-state index is 13.3. The molecule has 0 radical (unpaired) electrons. The van der Waals surface area contributed by atoms with E-state index in [0.717, 1.165) is 36.1 Å². The molecule has 5 rings (SSSR count). The Kier molecular flexibility index (Phi) is 4.70. The van der Waals surface area contributed by atoms with E-state index in [0.29, 0.717) is 17.8 Å². The van der Waals surface area contributed by atoms with Gasteiger partial charge in [0.2, 0.25) is 0 Å². The van der Waals surface area contributed by atoms with Gasteiger partial charge in [0, 0.05) is 12.2 Å². The molecule has 0 bridgehead atoms. The van der Waals surface area contributed by atoms with Gasteiger partial charge >= 0.3 is 0 Å². The Hall–Kier alpha value is -3.24. The Labute approximate surface area is 169 Å². The van der Waals surface area contributed by atoms with Gasteiger partial charge in [-0.1, -0.05) is 66.7 Å². The van der Waals surface area contributed by atoms with Gasteiger partial charge in [0.05, 0.1) is 23.6 Å². The minimum Gasteiger partial charge on any atom is -0.376 e. The van der Waals surface area contributed by atoms with Crippen molar-refractivity contribution in [3.05, 3.63) is 89.2 Å². The minimum absolute atomic E-state index is 0.00626. The molecule has 2 heterocycles. The molecular weight excluding hydrogens is 360 g/mol. The van der Waals surface area contributed by atoms with Crippen molar-refractivity contribution in [2.24, 2.45) is 0 Å². The number of fused-ring (bicyclic) bond motifs is 1. The lowest BCUT2D eigenvalue weighted by Gasteiger charge is -2.17. The zero-order valence-electron chi connectivity index (χ0n) is 16.1. The van der Waals surface area contributed by atoms with Crippen LogP contribution in [0.15, 0.2) is 83.7 Å². The molecule has 0 spiro atoms. The molecule has 1 aromatic heterocycles. The Morgan fingerprint density at radius 2 is 1.55 bits per heavy atom. The first-order valence-corrected chi connectivity index (χ1v) is 10.1. The molecule has 1 fully saturated rings. The zero-order chi connectivity index (χ0) is 19.6. The van der Waals surface area contributed by atoms with E-state index in [1.165, 1.54) is 5.56 Å². The smallest absolute Gasteiger partial charge is 0.261 e. The first-order valence-electron chi connectivity index (χ1n) is 10.1. The van der Waals surface area contributed by atoms with Crippen molar-refractivity contribution in [1.29, 1.82) is 0 Å². The molecule has 1 aliphatic heterocycles. The van der Waals surface area contributed by atoms with Crippen molar-refractivity contribution < 1.29 is 4.74 Å². The van der Waals surface area contributed by atoms with Crippen LogP contribution in [-0.4, -0.2) is 22.3 Å². The molecule has 4 heteroatoms. The summed E-state index contributed by atoms with van der Waals surface area (Å²) in [6.07, 6.45) is 2.09. The molecule has 1 atom stereocenters. The number of benzene rings is 3. The van der Waals surface area contributed by atoms with Crippen LogP contribution in [0.4, 0.5) is 0 Å². The Balaban J connectivity index is 1.62. The van der Waals surface area contributed by atoms with Gasteiger partial charge in [0.15, 0.2) is 0 Å². The second-order valence-corrected chi connectivity index (χ2v) is 7.45. The van der Waals surface area contributed by atoms with E-state index in [9.17, 15) is 4.79 Å². The molecule has 0 amide bonds. The zero-order valence-corrected chi connectivity index (χ0v) is 16.1. The highest BCUT2D eigenvalue weighted by Gasteiger charge is 2.20. The van der Waals surface area contributed by atoms with Crippen molar-refractivity contribution in [1.82, 2.24) is 9.55 Å². The number of rotatable bonds is 4. The standard InChI is InChI=1S/C25H22N2O2/c28-25-22-10-4-5-11-23(22)26-24(27(25)17-21-9-6-16-29-21)20-14-12-19(13-15-20)18-7-2-1-3-8-18/h1-5,7-8,10-15,21H,6,9,16-17H2/t21-/m1/s1. The highest BCUT2D eigenvalue weighted by Crippen LogP contribution is 2.25. The Morgan fingerprint density at radius 3 is 2.31 bits per heavy atom. The highest BCUT2D eigenvalue weighted by molar-refractivity contribution is 5.80. The van der Waals surface area contributed by atoms with Gasteiger partial charge in [-0.15, -0.1) is 0 Å². The number of hydrogen-bond donors (Lipinski definition) is 0. The fourth-order valence-corrected chi connectivity index (χ4v) is 3.99. The van der Waals surface area contributed by atoms with E-state index in [1.54, 1.807) is 4.57 Å². The molecule has 4 nitrogen and oxygen atoms in total. The van der Waals surface area contributed by atoms with E-state index in [1.807, 2.05) is 54.6 Å². The van der Waals surface area contributed by atoms with Crippen LogP contribution >= 0.6 is 0 Å². The highest BCUT2D eigenvalue weighted by atomic mass is 16.5.